The van der Waals surface area contributed by atoms with Gasteiger partial charge in [0, 0.05) is 32.7 Å². The Morgan fingerprint density at radius 1 is 1.23 bits per heavy atom. The highest BCUT2D eigenvalue weighted by atomic mass is 16.2. The molecule has 0 spiro atoms. The molecule has 7 nitrogen and oxygen atoms in total. The molecule has 2 aliphatic heterocycles. The van der Waals surface area contributed by atoms with Crippen LogP contribution in [0.25, 0.3) is 0 Å². The van der Waals surface area contributed by atoms with E-state index in [-0.39, 0.29) is 17.4 Å². The summed E-state index contributed by atoms with van der Waals surface area (Å²) in [5, 5.41) is 7.20. The Morgan fingerprint density at radius 2 is 2.04 bits per heavy atom. The molecular formula is C19H31N5O2. The van der Waals surface area contributed by atoms with Crippen LogP contribution in [0.2, 0.25) is 0 Å². The van der Waals surface area contributed by atoms with Crippen LogP contribution in [0.4, 0.5) is 5.69 Å². The van der Waals surface area contributed by atoms with E-state index < -0.39 is 0 Å². The van der Waals surface area contributed by atoms with Crippen molar-refractivity contribution in [2.45, 2.75) is 38.5 Å². The number of anilines is 1. The van der Waals surface area contributed by atoms with Crippen LogP contribution in [0, 0.1) is 5.92 Å². The lowest BCUT2D eigenvalue weighted by atomic mass is 9.97. The molecule has 0 unspecified atom stereocenters. The summed E-state index contributed by atoms with van der Waals surface area (Å²) in [6.07, 6.45) is 8.56. The van der Waals surface area contributed by atoms with E-state index in [1.165, 1.54) is 37.0 Å². The second-order valence-electron chi connectivity index (χ2n) is 7.51. The summed E-state index contributed by atoms with van der Waals surface area (Å²) in [4.78, 5) is 28.9. The van der Waals surface area contributed by atoms with Gasteiger partial charge in [-0.15, -0.1) is 0 Å². The largest absolute Gasteiger partial charge is 0.369 e. The van der Waals surface area contributed by atoms with Crippen LogP contribution in [-0.4, -0.2) is 59.9 Å². The summed E-state index contributed by atoms with van der Waals surface area (Å²) >= 11 is 0. The predicted octanol–water partition coefficient (Wildman–Crippen LogP) is 0.989. The van der Waals surface area contributed by atoms with Crippen molar-refractivity contribution in [2.24, 2.45) is 13.0 Å². The molecule has 0 aliphatic carbocycles. The zero-order chi connectivity index (χ0) is 18.4. The Labute approximate surface area is 155 Å². The van der Waals surface area contributed by atoms with Crippen LogP contribution in [0.1, 0.15) is 38.5 Å². The number of hydrogen-bond donors (Lipinski definition) is 1. The summed E-state index contributed by atoms with van der Waals surface area (Å²) in [6.45, 7) is 5.77. The number of likely N-dealkylation sites (tertiary alicyclic amines) is 1. The second kappa shape index (κ2) is 9.16. The molecule has 0 radical (unpaired) electrons. The van der Waals surface area contributed by atoms with Crippen LogP contribution >= 0.6 is 0 Å². The Morgan fingerprint density at radius 3 is 2.81 bits per heavy atom. The monoisotopic (exact) mass is 361 g/mol. The first kappa shape index (κ1) is 18.9. The van der Waals surface area contributed by atoms with Crippen LogP contribution in [0.15, 0.2) is 17.1 Å². The zero-order valence-corrected chi connectivity index (χ0v) is 15.8. The quantitative estimate of drug-likeness (QED) is 0.765. The van der Waals surface area contributed by atoms with Gasteiger partial charge in [0.25, 0.3) is 5.56 Å². The fourth-order valence-corrected chi connectivity index (χ4v) is 3.90. The Kier molecular flexibility index (Phi) is 6.66. The minimum absolute atomic E-state index is 0.0113. The molecule has 3 rings (SSSR count). The van der Waals surface area contributed by atoms with E-state index in [2.05, 4.69) is 20.2 Å². The lowest BCUT2D eigenvalue weighted by Crippen LogP contribution is -2.44. The van der Waals surface area contributed by atoms with Crippen molar-refractivity contribution in [1.82, 2.24) is 20.0 Å². The van der Waals surface area contributed by atoms with Crippen molar-refractivity contribution in [2.75, 3.05) is 44.2 Å². The van der Waals surface area contributed by atoms with Crippen molar-refractivity contribution < 1.29 is 4.79 Å². The number of aromatic nitrogens is 2. The standard InChI is InChI=1S/C19H31N5O2/c1-22-18(25)13-17(14-21-22)24-12-5-7-16(15-24)19(26)20-8-6-11-23-9-3-2-4-10-23/h13-14,16H,2-12,15H2,1H3,(H,20,26)/t16-/m1/s1. The van der Waals surface area contributed by atoms with Gasteiger partial charge >= 0.3 is 0 Å². The van der Waals surface area contributed by atoms with Gasteiger partial charge in [0.2, 0.25) is 5.91 Å². The maximum Gasteiger partial charge on any atom is 0.268 e. The molecule has 2 saturated heterocycles. The minimum atomic E-state index is -0.119. The van der Waals surface area contributed by atoms with Crippen molar-refractivity contribution >= 4 is 11.6 Å². The molecule has 0 bridgehead atoms. The Bertz CT molecular complexity index is 654. The minimum Gasteiger partial charge on any atom is -0.369 e. The van der Waals surface area contributed by atoms with Crippen molar-refractivity contribution in [1.29, 1.82) is 0 Å². The van der Waals surface area contributed by atoms with Gasteiger partial charge in [0.15, 0.2) is 0 Å². The topological polar surface area (TPSA) is 70.5 Å². The number of hydrogen-bond acceptors (Lipinski definition) is 5. The molecule has 26 heavy (non-hydrogen) atoms. The fraction of sp³-hybridized carbons (Fsp3) is 0.737. The molecule has 1 atom stereocenters. The van der Waals surface area contributed by atoms with E-state index in [4.69, 9.17) is 0 Å². The van der Waals surface area contributed by atoms with Crippen molar-refractivity contribution in [3.8, 4) is 0 Å². The van der Waals surface area contributed by atoms with Crippen LogP contribution in [-0.2, 0) is 11.8 Å². The number of amides is 1. The van der Waals surface area contributed by atoms with Crippen LogP contribution < -0.4 is 15.8 Å². The van der Waals surface area contributed by atoms with Gasteiger partial charge in [-0.2, -0.15) is 5.10 Å². The molecule has 0 aromatic carbocycles. The SMILES string of the molecule is Cn1ncc(N2CCC[C@@H](C(=O)NCCCN3CCCCC3)C2)cc1=O. The van der Waals surface area contributed by atoms with E-state index in [0.717, 1.165) is 44.6 Å². The zero-order valence-electron chi connectivity index (χ0n) is 15.8. The first-order valence-corrected chi connectivity index (χ1v) is 9.92. The normalized spacial score (nSPS) is 21.6. The highest BCUT2D eigenvalue weighted by Gasteiger charge is 2.26. The molecule has 0 saturated carbocycles. The first-order chi connectivity index (χ1) is 12.6. The third-order valence-electron chi connectivity index (χ3n) is 5.51. The number of nitrogens with zero attached hydrogens (tertiary/aromatic N) is 4. The number of carbonyl (C=O) groups excluding carboxylic acids is 1. The molecule has 1 aromatic rings. The van der Waals surface area contributed by atoms with Gasteiger partial charge in [-0.1, -0.05) is 6.42 Å². The van der Waals surface area contributed by atoms with Gasteiger partial charge in [-0.05, 0) is 51.7 Å². The van der Waals surface area contributed by atoms with E-state index in [0.29, 0.717) is 6.54 Å². The van der Waals surface area contributed by atoms with Gasteiger partial charge < -0.3 is 15.1 Å². The van der Waals surface area contributed by atoms with Gasteiger partial charge in [-0.3, -0.25) is 9.59 Å². The summed E-state index contributed by atoms with van der Waals surface area (Å²) in [5.41, 5.74) is 0.697. The molecule has 1 aromatic heterocycles. The highest BCUT2D eigenvalue weighted by molar-refractivity contribution is 5.79. The van der Waals surface area contributed by atoms with Crippen molar-refractivity contribution in [3.63, 3.8) is 0 Å². The molecular weight excluding hydrogens is 330 g/mol. The highest BCUT2D eigenvalue weighted by Crippen LogP contribution is 2.21. The average Bonchev–Trinajstić information content (AvgIpc) is 2.68. The van der Waals surface area contributed by atoms with Crippen molar-refractivity contribution in [3.05, 3.63) is 22.6 Å². The Hall–Kier alpha value is -1.89. The average molecular weight is 361 g/mol. The molecule has 3 heterocycles. The summed E-state index contributed by atoms with van der Waals surface area (Å²) in [5.74, 6) is 0.132. The van der Waals surface area contributed by atoms with E-state index in [1.54, 1.807) is 19.3 Å². The van der Waals surface area contributed by atoms with Gasteiger partial charge in [-0.25, -0.2) is 4.68 Å². The number of aryl methyl sites for hydroxylation is 1. The number of piperidine rings is 2. The lowest BCUT2D eigenvalue weighted by Gasteiger charge is -2.33. The fourth-order valence-electron chi connectivity index (χ4n) is 3.90. The van der Waals surface area contributed by atoms with E-state index in [9.17, 15) is 9.59 Å². The first-order valence-electron chi connectivity index (χ1n) is 9.92. The summed E-state index contributed by atoms with van der Waals surface area (Å²) < 4.78 is 1.32. The van der Waals surface area contributed by atoms with Gasteiger partial charge in [0.05, 0.1) is 17.8 Å². The maximum absolute atomic E-state index is 12.5. The molecule has 2 aliphatic rings. The smallest absolute Gasteiger partial charge is 0.268 e. The molecule has 1 amide bonds. The Balaban J connectivity index is 1.43. The number of nitrogens with one attached hydrogen (secondary N) is 1. The third kappa shape index (κ3) is 5.06. The predicted molar refractivity (Wildman–Crippen MR) is 102 cm³/mol. The lowest BCUT2D eigenvalue weighted by molar-refractivity contribution is -0.125. The van der Waals surface area contributed by atoms with Crippen LogP contribution in [0.5, 0.6) is 0 Å². The summed E-state index contributed by atoms with van der Waals surface area (Å²) in [6, 6.07) is 1.60. The molecule has 2 fully saturated rings. The van der Waals surface area contributed by atoms with Gasteiger partial charge in [0.1, 0.15) is 0 Å². The number of rotatable bonds is 6. The summed E-state index contributed by atoms with van der Waals surface area (Å²) in [7, 11) is 1.64. The van der Waals surface area contributed by atoms with E-state index in [1.807, 2.05) is 0 Å². The number of carbonyl (C=O) groups is 1. The third-order valence-corrected chi connectivity index (χ3v) is 5.51. The molecule has 7 heteroatoms. The second-order valence-corrected chi connectivity index (χ2v) is 7.51. The maximum atomic E-state index is 12.5. The molecule has 144 valence electrons. The molecule has 1 N–H and O–H groups in total. The van der Waals surface area contributed by atoms with E-state index >= 15 is 0 Å². The van der Waals surface area contributed by atoms with Crippen LogP contribution in [0.3, 0.4) is 0 Å².